The van der Waals surface area contributed by atoms with Crippen molar-refractivity contribution in [3.05, 3.63) is 94.1 Å². The molecule has 3 aromatic rings. The highest BCUT2D eigenvalue weighted by Crippen LogP contribution is 2.16. The first-order valence-electron chi connectivity index (χ1n) is 8.73. The Hall–Kier alpha value is -3.72. The Kier molecular flexibility index (Phi) is 5.66. The van der Waals surface area contributed by atoms with Gasteiger partial charge in [0.25, 0.3) is 5.91 Å². The van der Waals surface area contributed by atoms with Gasteiger partial charge in [0.05, 0.1) is 23.4 Å². The zero-order valence-corrected chi connectivity index (χ0v) is 15.6. The molecular formula is C22H19FN4O. The van der Waals surface area contributed by atoms with Crippen LogP contribution in [0.3, 0.4) is 0 Å². The van der Waals surface area contributed by atoms with E-state index in [1.165, 1.54) is 17.7 Å². The van der Waals surface area contributed by atoms with Crippen LogP contribution >= 0.6 is 0 Å². The van der Waals surface area contributed by atoms with E-state index in [0.717, 1.165) is 29.6 Å². The van der Waals surface area contributed by atoms with Crippen LogP contribution in [-0.4, -0.2) is 16.7 Å². The Morgan fingerprint density at radius 2 is 1.96 bits per heavy atom. The summed E-state index contributed by atoms with van der Waals surface area (Å²) in [4.78, 5) is 12.1. The molecule has 1 aromatic heterocycles. The highest BCUT2D eigenvalue weighted by atomic mass is 19.1. The number of nitrogens with zero attached hydrogens (tertiary/aromatic N) is 3. The summed E-state index contributed by atoms with van der Waals surface area (Å²) in [6, 6.07) is 17.6. The van der Waals surface area contributed by atoms with Gasteiger partial charge in [-0.3, -0.25) is 4.79 Å². The molecule has 0 radical (unpaired) electrons. The second-order valence-electron chi connectivity index (χ2n) is 6.40. The largest absolute Gasteiger partial charge is 0.344 e. The van der Waals surface area contributed by atoms with Crippen LogP contribution in [-0.2, 0) is 6.54 Å². The van der Waals surface area contributed by atoms with Gasteiger partial charge < -0.3 is 4.57 Å². The third-order valence-electron chi connectivity index (χ3n) is 4.51. The fourth-order valence-electron chi connectivity index (χ4n) is 2.96. The van der Waals surface area contributed by atoms with E-state index in [1.807, 2.05) is 44.2 Å². The van der Waals surface area contributed by atoms with Crippen LogP contribution in [0.25, 0.3) is 0 Å². The molecule has 140 valence electrons. The number of amides is 1. The van der Waals surface area contributed by atoms with Gasteiger partial charge in [0.15, 0.2) is 0 Å². The van der Waals surface area contributed by atoms with Crippen molar-refractivity contribution in [2.75, 3.05) is 0 Å². The van der Waals surface area contributed by atoms with Crippen LogP contribution in [0.15, 0.2) is 59.7 Å². The monoisotopic (exact) mass is 374 g/mol. The molecule has 0 bridgehead atoms. The van der Waals surface area contributed by atoms with E-state index in [4.69, 9.17) is 5.26 Å². The number of halogens is 1. The fourth-order valence-corrected chi connectivity index (χ4v) is 2.96. The standard InChI is InChI=1S/C22H19FN4O/c1-15-10-19(16(2)27(15)14-17-6-4-3-5-7-17)13-25-26-22(28)20-9-8-18(12-24)11-21(20)23/h3-11,13H,14H2,1-2H3,(H,26,28)/b25-13+. The molecule has 0 saturated carbocycles. The molecule has 0 spiro atoms. The number of hydrogen-bond acceptors (Lipinski definition) is 3. The Balaban J connectivity index is 1.72. The molecule has 0 aliphatic carbocycles. The lowest BCUT2D eigenvalue weighted by Gasteiger charge is -2.09. The molecule has 0 fully saturated rings. The van der Waals surface area contributed by atoms with Crippen molar-refractivity contribution in [3.8, 4) is 6.07 Å². The quantitative estimate of drug-likeness (QED) is 0.543. The molecule has 0 aliphatic heterocycles. The third-order valence-corrected chi connectivity index (χ3v) is 4.51. The normalized spacial score (nSPS) is 10.8. The van der Waals surface area contributed by atoms with Crippen LogP contribution in [0.4, 0.5) is 4.39 Å². The van der Waals surface area contributed by atoms with Gasteiger partial charge >= 0.3 is 0 Å². The predicted octanol–water partition coefficient (Wildman–Crippen LogP) is 3.93. The molecule has 1 amide bonds. The topological polar surface area (TPSA) is 70.2 Å². The summed E-state index contributed by atoms with van der Waals surface area (Å²) in [5.74, 6) is -1.43. The first-order valence-corrected chi connectivity index (χ1v) is 8.73. The zero-order valence-electron chi connectivity index (χ0n) is 15.6. The molecule has 1 N–H and O–H groups in total. The molecule has 3 rings (SSSR count). The van der Waals surface area contributed by atoms with Gasteiger partial charge in [-0.25, -0.2) is 9.82 Å². The van der Waals surface area contributed by atoms with Crippen molar-refractivity contribution in [1.29, 1.82) is 5.26 Å². The smallest absolute Gasteiger partial charge is 0.274 e. The number of carbonyl (C=O) groups excluding carboxylic acids is 1. The minimum atomic E-state index is -0.757. The maximum Gasteiger partial charge on any atom is 0.274 e. The van der Waals surface area contributed by atoms with Crippen LogP contribution in [0.1, 0.15) is 38.4 Å². The summed E-state index contributed by atoms with van der Waals surface area (Å²) in [7, 11) is 0. The third kappa shape index (κ3) is 4.15. The van der Waals surface area contributed by atoms with E-state index in [-0.39, 0.29) is 11.1 Å². The number of carbonyl (C=O) groups is 1. The number of hydrazone groups is 1. The van der Waals surface area contributed by atoms with Gasteiger partial charge in [0, 0.05) is 23.5 Å². The average Bonchev–Trinajstić information content (AvgIpc) is 2.96. The summed E-state index contributed by atoms with van der Waals surface area (Å²) in [6.07, 6.45) is 1.54. The number of benzene rings is 2. The lowest BCUT2D eigenvalue weighted by Crippen LogP contribution is -2.19. The Labute approximate surface area is 162 Å². The van der Waals surface area contributed by atoms with Crippen molar-refractivity contribution < 1.29 is 9.18 Å². The number of nitriles is 1. The Bertz CT molecular complexity index is 1080. The first kappa shape index (κ1) is 19.1. The SMILES string of the molecule is Cc1cc(/C=N/NC(=O)c2ccc(C#N)cc2F)c(C)n1Cc1ccccc1. The molecule has 5 nitrogen and oxygen atoms in total. The lowest BCUT2D eigenvalue weighted by molar-refractivity contribution is 0.0951. The van der Waals surface area contributed by atoms with Crippen molar-refractivity contribution in [1.82, 2.24) is 9.99 Å². The number of hydrogen-bond donors (Lipinski definition) is 1. The number of aryl methyl sites for hydroxylation is 1. The maximum atomic E-state index is 13.9. The molecular weight excluding hydrogens is 355 g/mol. The van der Waals surface area contributed by atoms with Crippen LogP contribution in [0, 0.1) is 31.0 Å². The molecule has 1 heterocycles. The second-order valence-corrected chi connectivity index (χ2v) is 6.40. The number of nitrogens with one attached hydrogen (secondary N) is 1. The molecule has 6 heteroatoms. The molecule has 28 heavy (non-hydrogen) atoms. The minimum Gasteiger partial charge on any atom is -0.344 e. The van der Waals surface area contributed by atoms with Gasteiger partial charge in [-0.2, -0.15) is 10.4 Å². The van der Waals surface area contributed by atoms with E-state index in [1.54, 1.807) is 6.21 Å². The number of rotatable bonds is 5. The van der Waals surface area contributed by atoms with Crippen molar-refractivity contribution in [3.63, 3.8) is 0 Å². The van der Waals surface area contributed by atoms with E-state index in [0.29, 0.717) is 0 Å². The van der Waals surface area contributed by atoms with Crippen LogP contribution in [0.2, 0.25) is 0 Å². The van der Waals surface area contributed by atoms with Gasteiger partial charge in [-0.05, 0) is 43.7 Å². The van der Waals surface area contributed by atoms with Crippen LogP contribution in [0.5, 0.6) is 0 Å². The van der Waals surface area contributed by atoms with Crippen molar-refractivity contribution >= 4 is 12.1 Å². The van der Waals surface area contributed by atoms with E-state index < -0.39 is 11.7 Å². The summed E-state index contributed by atoms with van der Waals surface area (Å²) < 4.78 is 16.1. The van der Waals surface area contributed by atoms with Crippen molar-refractivity contribution in [2.45, 2.75) is 20.4 Å². The molecule has 0 atom stereocenters. The minimum absolute atomic E-state index is 0.156. The fraction of sp³-hybridized carbons (Fsp3) is 0.136. The summed E-state index contributed by atoms with van der Waals surface area (Å²) in [6.45, 7) is 4.74. The lowest BCUT2D eigenvalue weighted by atomic mass is 10.1. The molecule has 0 aliphatic rings. The van der Waals surface area contributed by atoms with Crippen LogP contribution < -0.4 is 5.43 Å². The summed E-state index contributed by atoms with van der Waals surface area (Å²) in [5, 5.41) is 12.7. The highest BCUT2D eigenvalue weighted by Gasteiger charge is 2.12. The molecule has 2 aromatic carbocycles. The predicted molar refractivity (Wildman–Crippen MR) is 106 cm³/mol. The van der Waals surface area contributed by atoms with E-state index in [2.05, 4.69) is 27.2 Å². The molecule has 0 unspecified atom stereocenters. The first-order chi connectivity index (χ1) is 13.5. The van der Waals surface area contributed by atoms with Gasteiger partial charge in [0.2, 0.25) is 0 Å². The van der Waals surface area contributed by atoms with E-state index >= 15 is 0 Å². The zero-order chi connectivity index (χ0) is 20.1. The second kappa shape index (κ2) is 8.31. The summed E-state index contributed by atoms with van der Waals surface area (Å²) in [5.41, 5.74) is 6.48. The van der Waals surface area contributed by atoms with E-state index in [9.17, 15) is 9.18 Å². The molecule has 0 saturated heterocycles. The summed E-state index contributed by atoms with van der Waals surface area (Å²) >= 11 is 0. The van der Waals surface area contributed by atoms with Gasteiger partial charge in [-0.1, -0.05) is 30.3 Å². The van der Waals surface area contributed by atoms with Crippen molar-refractivity contribution in [2.24, 2.45) is 5.10 Å². The Morgan fingerprint density at radius 1 is 1.21 bits per heavy atom. The maximum absolute atomic E-state index is 13.9. The number of aromatic nitrogens is 1. The van der Waals surface area contributed by atoms with Gasteiger partial charge in [0.1, 0.15) is 5.82 Å². The average molecular weight is 374 g/mol. The Morgan fingerprint density at radius 3 is 2.64 bits per heavy atom. The highest BCUT2D eigenvalue weighted by molar-refractivity contribution is 5.95. The van der Waals surface area contributed by atoms with Gasteiger partial charge in [-0.15, -0.1) is 0 Å².